The van der Waals surface area contributed by atoms with Crippen molar-refractivity contribution in [3.8, 4) is 28.7 Å². The molecule has 4 N–H and O–H groups in total. The van der Waals surface area contributed by atoms with Gasteiger partial charge < -0.3 is 11.5 Å². The van der Waals surface area contributed by atoms with Crippen LogP contribution >= 0.6 is 0 Å². The fraction of sp³-hybridized carbons (Fsp3) is 0.0833. The number of benzene rings is 2. The van der Waals surface area contributed by atoms with E-state index in [1.165, 1.54) is 29.8 Å². The first-order valence-corrected chi connectivity index (χ1v) is 10.6. The summed E-state index contributed by atoms with van der Waals surface area (Å²) in [5, 5.41) is 18.1. The lowest BCUT2D eigenvalue weighted by Gasteiger charge is -2.12. The molecule has 0 radical (unpaired) electrons. The highest BCUT2D eigenvalue weighted by Crippen LogP contribution is 2.33. The molecule has 5 rings (SSSR count). The second-order valence-electron chi connectivity index (χ2n) is 7.89. The lowest BCUT2D eigenvalue weighted by molar-refractivity contribution is 0.537. The van der Waals surface area contributed by atoms with Crippen LogP contribution in [0.3, 0.4) is 0 Å². The van der Waals surface area contributed by atoms with E-state index in [4.69, 9.17) is 11.5 Å². The molecule has 0 fully saturated rings. The van der Waals surface area contributed by atoms with Gasteiger partial charge in [-0.25, -0.2) is 27.9 Å². The molecule has 12 heteroatoms. The van der Waals surface area contributed by atoms with Crippen molar-refractivity contribution in [3.63, 3.8) is 0 Å². The van der Waals surface area contributed by atoms with E-state index < -0.39 is 23.2 Å². The van der Waals surface area contributed by atoms with Crippen LogP contribution in [0.5, 0.6) is 0 Å². The maximum Gasteiger partial charge on any atom is 0.266 e. The second kappa shape index (κ2) is 8.64. The van der Waals surface area contributed by atoms with Crippen LogP contribution in [0.25, 0.3) is 28.3 Å². The maximum absolute atomic E-state index is 14.4. The zero-order valence-corrected chi connectivity index (χ0v) is 18.7. The van der Waals surface area contributed by atoms with Crippen LogP contribution in [0.4, 0.5) is 14.6 Å². The topological polar surface area (TPSA) is 154 Å². The number of hydrogen-bond donors (Lipinski definition) is 2. The smallest absolute Gasteiger partial charge is 0.266 e. The molecule has 1 unspecified atom stereocenters. The summed E-state index contributed by atoms with van der Waals surface area (Å²) in [6.07, 6.45) is 0. The van der Waals surface area contributed by atoms with Crippen LogP contribution in [0.1, 0.15) is 23.0 Å². The van der Waals surface area contributed by atoms with E-state index in [1.807, 2.05) is 0 Å². The Kier molecular flexibility index (Phi) is 5.46. The third-order valence-corrected chi connectivity index (χ3v) is 5.58. The number of aryl methyl sites for hydroxylation is 1. The summed E-state index contributed by atoms with van der Waals surface area (Å²) < 4.78 is 31.3. The van der Waals surface area contributed by atoms with Crippen molar-refractivity contribution in [2.45, 2.75) is 6.04 Å². The number of anilines is 1. The summed E-state index contributed by atoms with van der Waals surface area (Å²) in [6.45, 7) is 0. The van der Waals surface area contributed by atoms with Gasteiger partial charge in [0.15, 0.2) is 17.3 Å². The van der Waals surface area contributed by atoms with E-state index in [1.54, 1.807) is 24.3 Å². The number of nitrogens with two attached hydrogens (primary N) is 2. The Morgan fingerprint density at radius 3 is 2.44 bits per heavy atom. The van der Waals surface area contributed by atoms with Crippen molar-refractivity contribution < 1.29 is 8.78 Å². The molecular weight excluding hydrogens is 468 g/mol. The Hall–Kier alpha value is -5.02. The zero-order valence-electron chi connectivity index (χ0n) is 18.7. The van der Waals surface area contributed by atoms with Crippen LogP contribution in [0, 0.1) is 23.0 Å². The third-order valence-electron chi connectivity index (χ3n) is 5.58. The Labute approximate surface area is 202 Å². The largest absolute Gasteiger partial charge is 0.381 e. The van der Waals surface area contributed by atoms with Crippen LogP contribution in [0.15, 0.2) is 59.4 Å². The number of hydrogen-bond acceptors (Lipinski definition) is 8. The molecular formula is C24H17F2N9O. The van der Waals surface area contributed by atoms with Gasteiger partial charge in [0.05, 0.1) is 17.7 Å². The summed E-state index contributed by atoms with van der Waals surface area (Å²) in [4.78, 5) is 20.8. The SMILES string of the molecule is Cn1nc(-c2c(-c3cccc(C#N)c3)nc(N)c3nc(C(N)c4c(F)cccc4F)nn23)ccc1=O. The van der Waals surface area contributed by atoms with Crippen molar-refractivity contribution in [1.29, 1.82) is 5.26 Å². The van der Waals surface area contributed by atoms with E-state index in [0.29, 0.717) is 16.8 Å². The molecule has 2 aromatic carbocycles. The van der Waals surface area contributed by atoms with Gasteiger partial charge in [-0.3, -0.25) is 4.79 Å². The Morgan fingerprint density at radius 1 is 1.03 bits per heavy atom. The number of nitrogens with zero attached hydrogens (tertiary/aromatic N) is 7. The summed E-state index contributed by atoms with van der Waals surface area (Å²) in [5.74, 6) is -1.84. The molecule has 0 amide bonds. The highest BCUT2D eigenvalue weighted by molar-refractivity contribution is 5.81. The van der Waals surface area contributed by atoms with Crippen LogP contribution in [-0.2, 0) is 7.05 Å². The minimum absolute atomic E-state index is 0.0408. The average molecular weight is 485 g/mol. The monoisotopic (exact) mass is 485 g/mol. The van der Waals surface area contributed by atoms with Gasteiger partial charge in [-0.2, -0.15) is 10.4 Å². The van der Waals surface area contributed by atoms with Gasteiger partial charge in [0.1, 0.15) is 28.7 Å². The maximum atomic E-state index is 14.4. The number of aromatic nitrogens is 6. The fourth-order valence-electron chi connectivity index (χ4n) is 3.84. The van der Waals surface area contributed by atoms with Crippen molar-refractivity contribution >= 4 is 11.5 Å². The van der Waals surface area contributed by atoms with Crippen LogP contribution in [-0.4, -0.2) is 29.4 Å². The molecule has 0 aliphatic rings. The summed E-state index contributed by atoms with van der Waals surface area (Å²) >= 11 is 0. The molecule has 0 spiro atoms. The second-order valence-corrected chi connectivity index (χ2v) is 7.89. The number of fused-ring (bicyclic) bond motifs is 1. The molecule has 10 nitrogen and oxygen atoms in total. The van der Waals surface area contributed by atoms with Gasteiger partial charge in [0.2, 0.25) is 0 Å². The lowest BCUT2D eigenvalue weighted by atomic mass is 10.0. The molecule has 0 bridgehead atoms. The summed E-state index contributed by atoms with van der Waals surface area (Å²) in [6, 6.07) is 13.6. The Bertz CT molecular complexity index is 1730. The van der Waals surface area contributed by atoms with E-state index in [2.05, 4.69) is 26.2 Å². The highest BCUT2D eigenvalue weighted by atomic mass is 19.1. The van der Waals surface area contributed by atoms with Gasteiger partial charge in [-0.1, -0.05) is 18.2 Å². The molecule has 178 valence electrons. The quantitative estimate of drug-likeness (QED) is 0.393. The molecule has 3 aromatic heterocycles. The van der Waals surface area contributed by atoms with Gasteiger partial charge in [0, 0.05) is 24.2 Å². The molecule has 0 aliphatic carbocycles. The average Bonchev–Trinajstić information content (AvgIpc) is 3.32. The van der Waals surface area contributed by atoms with Crippen molar-refractivity contribution in [1.82, 2.24) is 29.4 Å². The highest BCUT2D eigenvalue weighted by Gasteiger charge is 2.26. The predicted molar refractivity (Wildman–Crippen MR) is 126 cm³/mol. The first-order chi connectivity index (χ1) is 17.3. The van der Waals surface area contributed by atoms with Crippen molar-refractivity contribution in [2.24, 2.45) is 12.8 Å². The summed E-state index contributed by atoms with van der Waals surface area (Å²) in [5.41, 5.74) is 13.5. The van der Waals surface area contributed by atoms with E-state index in [0.717, 1.165) is 16.8 Å². The normalized spacial score (nSPS) is 12.0. The first kappa shape index (κ1) is 22.8. The van der Waals surface area contributed by atoms with Crippen molar-refractivity contribution in [3.05, 3.63) is 93.5 Å². The van der Waals surface area contributed by atoms with Gasteiger partial charge in [0.25, 0.3) is 5.56 Å². The minimum atomic E-state index is -1.35. The van der Waals surface area contributed by atoms with E-state index >= 15 is 0 Å². The van der Waals surface area contributed by atoms with Gasteiger partial charge >= 0.3 is 0 Å². The van der Waals surface area contributed by atoms with Crippen LogP contribution in [0.2, 0.25) is 0 Å². The zero-order chi connectivity index (χ0) is 25.6. The predicted octanol–water partition coefficient (Wildman–Crippen LogP) is 2.33. The fourth-order valence-corrected chi connectivity index (χ4v) is 3.84. The minimum Gasteiger partial charge on any atom is -0.381 e. The molecule has 0 saturated carbocycles. The molecule has 3 heterocycles. The number of rotatable bonds is 4. The third kappa shape index (κ3) is 3.73. The molecule has 0 saturated heterocycles. The molecule has 5 aromatic rings. The Balaban J connectivity index is 1.82. The van der Waals surface area contributed by atoms with E-state index in [9.17, 15) is 18.8 Å². The molecule has 1 atom stereocenters. The van der Waals surface area contributed by atoms with Gasteiger partial charge in [-0.15, -0.1) is 5.10 Å². The van der Waals surface area contributed by atoms with Crippen molar-refractivity contribution in [2.75, 3.05) is 5.73 Å². The van der Waals surface area contributed by atoms with E-state index in [-0.39, 0.29) is 34.2 Å². The lowest BCUT2D eigenvalue weighted by Crippen LogP contribution is -2.19. The van der Waals surface area contributed by atoms with Gasteiger partial charge in [-0.05, 0) is 30.3 Å². The number of nitrogen functional groups attached to an aromatic ring is 1. The van der Waals surface area contributed by atoms with Crippen LogP contribution < -0.4 is 17.0 Å². The molecule has 0 aliphatic heterocycles. The standard InChI is InChI=1S/C24H17F2N9O/c1-34-17(36)9-8-16(32-34)21-20(13-5-2-4-12(10-13)11-27)30-22(29)24-31-23(33-35(21)24)19(28)18-14(25)6-3-7-15(18)26/h2-10,19H,28H2,1H3,(H2,29,30). The first-order valence-electron chi connectivity index (χ1n) is 10.6. The number of halogens is 2. The summed E-state index contributed by atoms with van der Waals surface area (Å²) in [7, 11) is 1.48. The number of nitriles is 1. The Morgan fingerprint density at radius 2 is 1.75 bits per heavy atom. The molecule has 36 heavy (non-hydrogen) atoms.